The molecule has 1 amide bonds. The van der Waals surface area contributed by atoms with E-state index in [4.69, 9.17) is 11.6 Å². The third-order valence-electron chi connectivity index (χ3n) is 3.68. The number of amides is 1. The number of hydrogen-bond acceptors (Lipinski definition) is 5. The molecule has 1 atom stereocenters. The Morgan fingerprint density at radius 2 is 2.00 bits per heavy atom. The number of carbonyl (C=O) groups is 1. The number of nitrogens with one attached hydrogen (secondary N) is 1. The molecule has 3 aromatic rings. The highest BCUT2D eigenvalue weighted by atomic mass is 35.5. The van der Waals surface area contributed by atoms with E-state index in [1.807, 2.05) is 26.0 Å². The molecular weight excluding hydrogens is 340 g/mol. The first-order valence-corrected chi connectivity index (χ1v) is 8.24. The van der Waals surface area contributed by atoms with Crippen LogP contribution in [0.1, 0.15) is 41.6 Å². The molecule has 0 radical (unpaired) electrons. The van der Waals surface area contributed by atoms with Gasteiger partial charge in [-0.1, -0.05) is 18.5 Å². The van der Waals surface area contributed by atoms with E-state index in [-0.39, 0.29) is 11.9 Å². The second-order valence-electron chi connectivity index (χ2n) is 5.48. The Kier molecular flexibility index (Phi) is 5.04. The topological polar surface area (TPSA) is 85.6 Å². The summed E-state index contributed by atoms with van der Waals surface area (Å²) in [6.45, 7) is 3.84. The lowest BCUT2D eigenvalue weighted by atomic mass is 10.1. The molecule has 0 spiro atoms. The maximum Gasteiger partial charge on any atom is 0.252 e. The second kappa shape index (κ2) is 7.40. The van der Waals surface area contributed by atoms with Crippen LogP contribution in [0.5, 0.6) is 0 Å². The molecular formula is C17H17ClN6O. The summed E-state index contributed by atoms with van der Waals surface area (Å²) in [6.07, 6.45) is 5.45. The Hall–Kier alpha value is -2.80. The van der Waals surface area contributed by atoms with Gasteiger partial charge in [0.1, 0.15) is 6.33 Å². The van der Waals surface area contributed by atoms with Crippen molar-refractivity contribution in [2.75, 3.05) is 0 Å². The van der Waals surface area contributed by atoms with Crippen LogP contribution in [0, 0.1) is 0 Å². The van der Waals surface area contributed by atoms with Crippen molar-refractivity contribution in [3.8, 4) is 5.95 Å². The molecule has 128 valence electrons. The van der Waals surface area contributed by atoms with Crippen LogP contribution in [0.4, 0.5) is 0 Å². The van der Waals surface area contributed by atoms with Crippen LogP contribution in [0.15, 0.2) is 43.0 Å². The average molecular weight is 357 g/mol. The molecule has 7 nitrogen and oxygen atoms in total. The first-order chi connectivity index (χ1) is 12.1. The first-order valence-electron chi connectivity index (χ1n) is 7.86. The van der Waals surface area contributed by atoms with Crippen molar-refractivity contribution in [2.24, 2.45) is 0 Å². The van der Waals surface area contributed by atoms with Crippen LogP contribution in [0.2, 0.25) is 5.02 Å². The molecule has 25 heavy (non-hydrogen) atoms. The molecule has 0 unspecified atom stereocenters. The minimum atomic E-state index is -0.386. The number of carbonyl (C=O) groups excluding carboxylic acids is 1. The molecule has 0 aliphatic carbocycles. The Balaban J connectivity index is 1.82. The van der Waals surface area contributed by atoms with Crippen LogP contribution < -0.4 is 5.32 Å². The maximum absolute atomic E-state index is 12.6. The van der Waals surface area contributed by atoms with E-state index in [2.05, 4.69) is 25.4 Å². The summed E-state index contributed by atoms with van der Waals surface area (Å²) in [4.78, 5) is 25.1. The van der Waals surface area contributed by atoms with Crippen molar-refractivity contribution in [2.45, 2.75) is 26.3 Å². The number of benzene rings is 1. The number of aromatic nitrogens is 5. The number of aryl methyl sites for hydroxylation is 1. The summed E-state index contributed by atoms with van der Waals surface area (Å²) in [7, 11) is 0. The van der Waals surface area contributed by atoms with E-state index in [1.54, 1.807) is 24.5 Å². The van der Waals surface area contributed by atoms with Gasteiger partial charge in [0, 0.05) is 23.0 Å². The van der Waals surface area contributed by atoms with Gasteiger partial charge in [-0.3, -0.25) is 4.79 Å². The van der Waals surface area contributed by atoms with Crippen LogP contribution >= 0.6 is 11.6 Å². The minimum absolute atomic E-state index is 0.228. The SMILES string of the molecule is CCc1cc(Cl)cc(C(=O)N[C@H](C)c2ncnn2-c2ncccn2)c1. The standard InChI is InChI=1S/C17H17ClN6O/c1-3-12-7-13(9-14(18)8-12)16(25)23-11(2)15-21-10-22-24(15)17-19-5-4-6-20-17/h4-11H,3H2,1-2H3,(H,23,25)/t11-/m1/s1. The molecule has 8 heteroatoms. The highest BCUT2D eigenvalue weighted by Crippen LogP contribution is 2.17. The fraction of sp³-hybridized carbons (Fsp3) is 0.235. The van der Waals surface area contributed by atoms with E-state index in [0.29, 0.717) is 22.4 Å². The van der Waals surface area contributed by atoms with Crippen molar-refractivity contribution < 1.29 is 4.79 Å². The highest BCUT2D eigenvalue weighted by Gasteiger charge is 2.19. The van der Waals surface area contributed by atoms with Gasteiger partial charge in [-0.15, -0.1) is 0 Å². The molecule has 0 aliphatic heterocycles. The lowest BCUT2D eigenvalue weighted by Crippen LogP contribution is -2.29. The third kappa shape index (κ3) is 3.83. The number of rotatable bonds is 5. The zero-order valence-electron chi connectivity index (χ0n) is 13.8. The van der Waals surface area contributed by atoms with Crippen LogP contribution in [0.25, 0.3) is 5.95 Å². The second-order valence-corrected chi connectivity index (χ2v) is 5.91. The van der Waals surface area contributed by atoms with Crippen molar-refractivity contribution in [3.63, 3.8) is 0 Å². The summed E-state index contributed by atoms with van der Waals surface area (Å²) in [5, 5.41) is 7.59. The van der Waals surface area contributed by atoms with Gasteiger partial charge in [-0.2, -0.15) is 9.78 Å². The van der Waals surface area contributed by atoms with Gasteiger partial charge in [0.2, 0.25) is 0 Å². The zero-order valence-corrected chi connectivity index (χ0v) is 14.6. The predicted octanol–water partition coefficient (Wildman–Crippen LogP) is 2.76. The van der Waals surface area contributed by atoms with E-state index >= 15 is 0 Å². The van der Waals surface area contributed by atoms with Crippen molar-refractivity contribution in [1.82, 2.24) is 30.0 Å². The summed E-state index contributed by atoms with van der Waals surface area (Å²) in [6, 6.07) is 6.66. The fourth-order valence-corrected chi connectivity index (χ4v) is 2.69. The Morgan fingerprint density at radius 3 is 2.72 bits per heavy atom. The van der Waals surface area contributed by atoms with Crippen LogP contribution in [-0.4, -0.2) is 30.6 Å². The normalized spacial score (nSPS) is 12.0. The third-order valence-corrected chi connectivity index (χ3v) is 3.90. The number of nitrogens with zero attached hydrogens (tertiary/aromatic N) is 5. The zero-order chi connectivity index (χ0) is 17.8. The number of halogens is 1. The van der Waals surface area contributed by atoms with Gasteiger partial charge in [-0.25, -0.2) is 15.0 Å². The molecule has 1 aromatic carbocycles. The summed E-state index contributed by atoms with van der Waals surface area (Å²) >= 11 is 6.09. The Morgan fingerprint density at radius 1 is 1.24 bits per heavy atom. The van der Waals surface area contributed by atoms with E-state index < -0.39 is 0 Å². The molecule has 2 aromatic heterocycles. The predicted molar refractivity (Wildman–Crippen MR) is 93.7 cm³/mol. The minimum Gasteiger partial charge on any atom is -0.342 e. The maximum atomic E-state index is 12.6. The Labute approximate surface area is 150 Å². The molecule has 1 N–H and O–H groups in total. The molecule has 0 fully saturated rings. The summed E-state index contributed by atoms with van der Waals surface area (Å²) in [5.74, 6) is 0.706. The van der Waals surface area contributed by atoms with E-state index in [9.17, 15) is 4.79 Å². The lowest BCUT2D eigenvalue weighted by Gasteiger charge is -2.14. The van der Waals surface area contributed by atoms with Gasteiger partial charge < -0.3 is 5.32 Å². The van der Waals surface area contributed by atoms with Crippen LogP contribution in [-0.2, 0) is 6.42 Å². The number of hydrogen-bond donors (Lipinski definition) is 1. The molecule has 3 rings (SSSR count). The van der Waals surface area contributed by atoms with Crippen molar-refractivity contribution >= 4 is 17.5 Å². The lowest BCUT2D eigenvalue weighted by molar-refractivity contribution is 0.0937. The fourth-order valence-electron chi connectivity index (χ4n) is 2.43. The van der Waals surface area contributed by atoms with Gasteiger partial charge in [0.05, 0.1) is 6.04 Å². The average Bonchev–Trinajstić information content (AvgIpc) is 3.11. The Bertz CT molecular complexity index is 880. The monoisotopic (exact) mass is 356 g/mol. The van der Waals surface area contributed by atoms with Gasteiger partial charge in [-0.05, 0) is 43.2 Å². The molecule has 0 saturated carbocycles. The van der Waals surface area contributed by atoms with E-state index in [0.717, 1.165) is 12.0 Å². The van der Waals surface area contributed by atoms with Gasteiger partial charge in [0.15, 0.2) is 5.82 Å². The van der Waals surface area contributed by atoms with E-state index in [1.165, 1.54) is 11.0 Å². The van der Waals surface area contributed by atoms with Gasteiger partial charge >= 0.3 is 0 Å². The molecule has 0 saturated heterocycles. The molecule has 2 heterocycles. The van der Waals surface area contributed by atoms with Crippen LogP contribution in [0.3, 0.4) is 0 Å². The summed E-state index contributed by atoms with van der Waals surface area (Å²) < 4.78 is 1.50. The largest absolute Gasteiger partial charge is 0.342 e. The highest BCUT2D eigenvalue weighted by molar-refractivity contribution is 6.31. The smallest absolute Gasteiger partial charge is 0.252 e. The van der Waals surface area contributed by atoms with Gasteiger partial charge in [0.25, 0.3) is 11.9 Å². The van der Waals surface area contributed by atoms with Crippen molar-refractivity contribution in [3.05, 3.63) is 65.0 Å². The quantitative estimate of drug-likeness (QED) is 0.759. The summed E-state index contributed by atoms with van der Waals surface area (Å²) in [5.41, 5.74) is 1.52. The first kappa shape index (κ1) is 17.0. The van der Waals surface area contributed by atoms with Crippen molar-refractivity contribution in [1.29, 1.82) is 0 Å². The molecule has 0 aliphatic rings. The molecule has 0 bridgehead atoms.